The molecule has 1 amide bonds. The number of rotatable bonds is 7. The molecule has 2 aromatic rings. The van der Waals surface area contributed by atoms with Crippen molar-refractivity contribution in [2.24, 2.45) is 0 Å². The second kappa shape index (κ2) is 9.71. The first kappa shape index (κ1) is 22.4. The molecular weight excluding hydrogens is 422 g/mol. The predicted octanol–water partition coefficient (Wildman–Crippen LogP) is 3.43. The summed E-state index contributed by atoms with van der Waals surface area (Å²) >= 11 is 0. The van der Waals surface area contributed by atoms with Crippen LogP contribution in [0.3, 0.4) is 0 Å². The van der Waals surface area contributed by atoms with Gasteiger partial charge in [0.25, 0.3) is 5.69 Å². The molecule has 9 nitrogen and oxygen atoms in total. The summed E-state index contributed by atoms with van der Waals surface area (Å²) in [5.41, 5.74) is 0.890. The fraction of sp³-hybridized carbons (Fsp3) is 0.286. The van der Waals surface area contributed by atoms with E-state index in [0.717, 1.165) is 19.3 Å². The van der Waals surface area contributed by atoms with E-state index in [-0.39, 0.29) is 16.3 Å². The molecule has 0 aromatic heterocycles. The number of sulfonamides is 1. The summed E-state index contributed by atoms with van der Waals surface area (Å²) in [5, 5.41) is 13.3. The Kier molecular flexibility index (Phi) is 7.03. The van der Waals surface area contributed by atoms with Crippen LogP contribution in [0.15, 0.2) is 53.4 Å². The molecule has 1 N–H and O–H groups in total. The Morgan fingerprint density at radius 3 is 2.42 bits per heavy atom. The number of nitrogens with zero attached hydrogens (tertiary/aromatic N) is 2. The SMILES string of the molecule is COc1ccc(NC(=O)/C=C/c2ccc([N+](=O)[O-])cc2)cc1S(=O)(=O)N1CCCCC1. The molecule has 1 saturated heterocycles. The highest BCUT2D eigenvalue weighted by Crippen LogP contribution is 2.31. The van der Waals surface area contributed by atoms with Gasteiger partial charge < -0.3 is 10.1 Å². The van der Waals surface area contributed by atoms with Gasteiger partial charge in [-0.1, -0.05) is 6.42 Å². The van der Waals surface area contributed by atoms with Gasteiger partial charge in [0, 0.05) is 37.0 Å². The number of piperidine rings is 1. The zero-order chi connectivity index (χ0) is 22.4. The van der Waals surface area contributed by atoms with Gasteiger partial charge in [0.05, 0.1) is 12.0 Å². The molecule has 0 saturated carbocycles. The first-order valence-corrected chi connectivity index (χ1v) is 11.2. The molecular formula is C21H23N3O6S. The summed E-state index contributed by atoms with van der Waals surface area (Å²) in [7, 11) is -2.35. The molecule has 2 aromatic carbocycles. The monoisotopic (exact) mass is 445 g/mol. The molecule has 1 aliphatic rings. The fourth-order valence-electron chi connectivity index (χ4n) is 3.26. The van der Waals surface area contributed by atoms with E-state index >= 15 is 0 Å². The molecule has 0 radical (unpaired) electrons. The second-order valence-electron chi connectivity index (χ2n) is 7.00. The number of carbonyl (C=O) groups is 1. The van der Waals surface area contributed by atoms with Crippen molar-refractivity contribution in [1.29, 1.82) is 0 Å². The van der Waals surface area contributed by atoms with Crippen LogP contribution >= 0.6 is 0 Å². The summed E-state index contributed by atoms with van der Waals surface area (Å²) < 4.78 is 32.8. The maximum Gasteiger partial charge on any atom is 0.269 e. The molecule has 1 aliphatic heterocycles. The zero-order valence-electron chi connectivity index (χ0n) is 17.0. The summed E-state index contributed by atoms with van der Waals surface area (Å²) in [5.74, 6) is -0.255. The lowest BCUT2D eigenvalue weighted by Crippen LogP contribution is -2.35. The van der Waals surface area contributed by atoms with Crippen LogP contribution in [0.2, 0.25) is 0 Å². The largest absolute Gasteiger partial charge is 0.495 e. The Hall–Kier alpha value is -3.24. The zero-order valence-corrected chi connectivity index (χ0v) is 17.8. The predicted molar refractivity (Wildman–Crippen MR) is 116 cm³/mol. The average molecular weight is 445 g/mol. The summed E-state index contributed by atoms with van der Waals surface area (Å²) in [4.78, 5) is 22.5. The van der Waals surface area contributed by atoms with Crippen molar-refractivity contribution >= 4 is 33.4 Å². The van der Waals surface area contributed by atoms with Crippen molar-refractivity contribution in [3.05, 3.63) is 64.2 Å². The topological polar surface area (TPSA) is 119 Å². The van der Waals surface area contributed by atoms with Crippen molar-refractivity contribution in [2.75, 3.05) is 25.5 Å². The van der Waals surface area contributed by atoms with E-state index in [9.17, 15) is 23.3 Å². The number of nitro benzene ring substituents is 1. The van der Waals surface area contributed by atoms with E-state index < -0.39 is 20.9 Å². The van der Waals surface area contributed by atoms with Gasteiger partial charge in [-0.2, -0.15) is 4.31 Å². The summed E-state index contributed by atoms with van der Waals surface area (Å²) in [6, 6.07) is 10.2. The lowest BCUT2D eigenvalue weighted by atomic mass is 10.2. The van der Waals surface area contributed by atoms with Crippen molar-refractivity contribution in [3.8, 4) is 5.75 Å². The number of nitrogens with one attached hydrogen (secondary N) is 1. The number of hydrogen-bond donors (Lipinski definition) is 1. The number of methoxy groups -OCH3 is 1. The highest BCUT2D eigenvalue weighted by molar-refractivity contribution is 7.89. The highest BCUT2D eigenvalue weighted by Gasteiger charge is 2.29. The molecule has 31 heavy (non-hydrogen) atoms. The quantitative estimate of drug-likeness (QED) is 0.396. The number of carbonyl (C=O) groups excluding carboxylic acids is 1. The van der Waals surface area contributed by atoms with Gasteiger partial charge in [0.15, 0.2) is 0 Å². The van der Waals surface area contributed by atoms with Crippen molar-refractivity contribution in [2.45, 2.75) is 24.2 Å². The van der Waals surface area contributed by atoms with Crippen LogP contribution in [0.4, 0.5) is 11.4 Å². The number of non-ortho nitro benzene ring substituents is 1. The van der Waals surface area contributed by atoms with Gasteiger partial charge in [0.2, 0.25) is 15.9 Å². The number of ether oxygens (including phenoxy) is 1. The van der Waals surface area contributed by atoms with E-state index in [4.69, 9.17) is 4.74 Å². The second-order valence-corrected chi connectivity index (χ2v) is 8.91. The third kappa shape index (κ3) is 5.47. The Morgan fingerprint density at radius 2 is 1.81 bits per heavy atom. The summed E-state index contributed by atoms with van der Waals surface area (Å²) in [6.45, 7) is 0.917. The molecule has 0 bridgehead atoms. The van der Waals surface area contributed by atoms with E-state index in [1.807, 2.05) is 0 Å². The lowest BCUT2D eigenvalue weighted by molar-refractivity contribution is -0.384. The molecule has 0 aliphatic carbocycles. The third-order valence-electron chi connectivity index (χ3n) is 4.90. The molecule has 0 atom stereocenters. The van der Waals surface area contributed by atoms with E-state index in [1.54, 1.807) is 6.07 Å². The summed E-state index contributed by atoms with van der Waals surface area (Å²) in [6.07, 6.45) is 5.40. The fourth-order valence-corrected chi connectivity index (χ4v) is 4.96. The van der Waals surface area contributed by atoms with Gasteiger partial charge in [0.1, 0.15) is 10.6 Å². The molecule has 1 fully saturated rings. The van der Waals surface area contributed by atoms with Gasteiger partial charge in [-0.05, 0) is 54.8 Å². The maximum absolute atomic E-state index is 13.1. The number of amides is 1. The van der Waals surface area contributed by atoms with E-state index in [1.165, 1.54) is 60.0 Å². The minimum Gasteiger partial charge on any atom is -0.495 e. The maximum atomic E-state index is 13.1. The van der Waals surface area contributed by atoms with Gasteiger partial charge in [-0.25, -0.2) is 8.42 Å². The highest BCUT2D eigenvalue weighted by atomic mass is 32.2. The van der Waals surface area contributed by atoms with Crippen LogP contribution in [0.5, 0.6) is 5.75 Å². The molecule has 3 rings (SSSR count). The molecule has 0 spiro atoms. The first-order valence-electron chi connectivity index (χ1n) is 9.73. The number of anilines is 1. The van der Waals surface area contributed by atoms with Crippen LogP contribution in [-0.4, -0.2) is 43.8 Å². The average Bonchev–Trinajstić information content (AvgIpc) is 2.78. The van der Waals surface area contributed by atoms with Crippen molar-refractivity contribution < 1.29 is 22.9 Å². The molecule has 0 unspecified atom stereocenters. The van der Waals surface area contributed by atoms with Gasteiger partial charge >= 0.3 is 0 Å². The minimum absolute atomic E-state index is 0.00838. The van der Waals surface area contributed by atoms with Crippen LogP contribution < -0.4 is 10.1 Å². The first-order chi connectivity index (χ1) is 14.8. The van der Waals surface area contributed by atoms with Crippen LogP contribution in [0.25, 0.3) is 6.08 Å². The normalized spacial score (nSPS) is 15.0. The van der Waals surface area contributed by atoms with Crippen molar-refractivity contribution in [1.82, 2.24) is 4.31 Å². The number of nitro groups is 1. The lowest BCUT2D eigenvalue weighted by Gasteiger charge is -2.26. The Balaban J connectivity index is 1.76. The van der Waals surface area contributed by atoms with Crippen LogP contribution in [-0.2, 0) is 14.8 Å². The van der Waals surface area contributed by atoms with Gasteiger partial charge in [-0.15, -0.1) is 0 Å². The minimum atomic E-state index is -3.75. The van der Waals surface area contributed by atoms with Gasteiger partial charge in [-0.3, -0.25) is 14.9 Å². The van der Waals surface area contributed by atoms with Crippen LogP contribution in [0, 0.1) is 10.1 Å². The Morgan fingerprint density at radius 1 is 1.13 bits per heavy atom. The van der Waals surface area contributed by atoms with E-state index in [2.05, 4.69) is 5.32 Å². The van der Waals surface area contributed by atoms with E-state index in [0.29, 0.717) is 24.3 Å². The standard InChI is InChI=1S/C21H23N3O6S/c1-30-19-11-8-17(15-20(19)31(28,29)23-13-3-2-4-14-23)22-21(25)12-7-16-5-9-18(10-6-16)24(26)27/h5-12,15H,2-4,13-14H2,1H3,(H,22,25)/b12-7+. The molecule has 10 heteroatoms. The molecule has 1 heterocycles. The van der Waals surface area contributed by atoms with Crippen LogP contribution in [0.1, 0.15) is 24.8 Å². The van der Waals surface area contributed by atoms with Crippen molar-refractivity contribution in [3.63, 3.8) is 0 Å². The third-order valence-corrected chi connectivity index (χ3v) is 6.81. The Bertz CT molecular complexity index is 1090. The molecule has 164 valence electrons. The Labute approximate surface area is 180 Å². The number of hydrogen-bond acceptors (Lipinski definition) is 6. The smallest absolute Gasteiger partial charge is 0.269 e. The number of benzene rings is 2.